The van der Waals surface area contributed by atoms with Gasteiger partial charge in [0.05, 0.1) is 17.5 Å². The van der Waals surface area contributed by atoms with Gasteiger partial charge in [0.15, 0.2) is 0 Å². The second kappa shape index (κ2) is 6.50. The van der Waals surface area contributed by atoms with Crippen LogP contribution in [0.1, 0.15) is 12.0 Å². The molecule has 0 spiro atoms. The summed E-state index contributed by atoms with van der Waals surface area (Å²) in [5.74, 6) is -3.46. The lowest BCUT2D eigenvalue weighted by molar-refractivity contribution is -0.123. The minimum atomic E-state index is -3.65. The monoisotopic (exact) mass is 347 g/mol. The van der Waals surface area contributed by atoms with Crippen LogP contribution in [0.25, 0.3) is 0 Å². The number of benzene rings is 1. The lowest BCUT2D eigenvalue weighted by Crippen LogP contribution is -2.40. The standard InChI is InChI=1S/C14H19F2N3O3S/c1-19(2)23(21,22)12-6-4-3-5-10(12)8-17-13(20)11-7-14(15,16)9-18-11/h3-6,11,18H,7-9H2,1-2H3,(H,17,20). The Morgan fingerprint density at radius 3 is 2.61 bits per heavy atom. The summed E-state index contributed by atoms with van der Waals surface area (Å²) in [4.78, 5) is 12.0. The van der Waals surface area contributed by atoms with Gasteiger partial charge in [-0.1, -0.05) is 18.2 Å². The van der Waals surface area contributed by atoms with Gasteiger partial charge in [0.1, 0.15) is 0 Å². The van der Waals surface area contributed by atoms with E-state index in [1.54, 1.807) is 18.2 Å². The van der Waals surface area contributed by atoms with E-state index in [9.17, 15) is 22.0 Å². The number of nitrogens with one attached hydrogen (secondary N) is 2. The average molecular weight is 347 g/mol. The van der Waals surface area contributed by atoms with Crippen LogP contribution in [0.4, 0.5) is 8.78 Å². The van der Waals surface area contributed by atoms with Crippen LogP contribution in [-0.4, -0.2) is 51.2 Å². The summed E-state index contributed by atoms with van der Waals surface area (Å²) in [6.07, 6.45) is -0.559. The molecule has 0 aromatic heterocycles. The molecule has 1 saturated heterocycles. The molecule has 1 fully saturated rings. The van der Waals surface area contributed by atoms with Gasteiger partial charge in [-0.05, 0) is 11.6 Å². The van der Waals surface area contributed by atoms with Gasteiger partial charge in [0.2, 0.25) is 15.9 Å². The number of rotatable bonds is 5. The Kier molecular flexibility index (Phi) is 5.02. The van der Waals surface area contributed by atoms with E-state index in [2.05, 4.69) is 10.6 Å². The molecule has 1 aliphatic heterocycles. The van der Waals surface area contributed by atoms with Gasteiger partial charge >= 0.3 is 0 Å². The fraction of sp³-hybridized carbons (Fsp3) is 0.500. The second-order valence-electron chi connectivity index (χ2n) is 5.61. The maximum Gasteiger partial charge on any atom is 0.262 e. The average Bonchev–Trinajstić information content (AvgIpc) is 2.85. The molecule has 9 heteroatoms. The SMILES string of the molecule is CN(C)S(=O)(=O)c1ccccc1CNC(=O)C1CC(F)(F)CN1. The smallest absolute Gasteiger partial charge is 0.262 e. The lowest BCUT2D eigenvalue weighted by Gasteiger charge is -2.16. The normalized spacial score (nSPS) is 20.7. The molecule has 0 saturated carbocycles. The Hall–Kier alpha value is -1.58. The second-order valence-corrected chi connectivity index (χ2v) is 7.73. The largest absolute Gasteiger partial charge is 0.351 e. The molecule has 0 radical (unpaired) electrons. The van der Waals surface area contributed by atoms with E-state index in [0.717, 1.165) is 4.31 Å². The fourth-order valence-electron chi connectivity index (χ4n) is 2.30. The Balaban J connectivity index is 2.09. The quantitative estimate of drug-likeness (QED) is 0.815. The summed E-state index contributed by atoms with van der Waals surface area (Å²) < 4.78 is 51.8. The summed E-state index contributed by atoms with van der Waals surface area (Å²) in [7, 11) is -0.823. The summed E-state index contributed by atoms with van der Waals surface area (Å²) >= 11 is 0. The van der Waals surface area contributed by atoms with Crippen LogP contribution in [0, 0.1) is 0 Å². The molecule has 1 heterocycles. The van der Waals surface area contributed by atoms with Gasteiger partial charge in [-0.25, -0.2) is 21.5 Å². The molecule has 1 aromatic carbocycles. The zero-order valence-electron chi connectivity index (χ0n) is 12.8. The molecule has 0 bridgehead atoms. The summed E-state index contributed by atoms with van der Waals surface area (Å²) in [5, 5.41) is 4.97. The third-order valence-corrected chi connectivity index (χ3v) is 5.53. The first-order chi connectivity index (χ1) is 10.6. The predicted octanol–water partition coefficient (Wildman–Crippen LogP) is 0.550. The van der Waals surface area contributed by atoms with Crippen LogP contribution >= 0.6 is 0 Å². The number of nitrogens with zero attached hydrogens (tertiary/aromatic N) is 1. The van der Waals surface area contributed by atoms with Gasteiger partial charge in [-0.3, -0.25) is 10.1 Å². The molecule has 6 nitrogen and oxygen atoms in total. The van der Waals surface area contributed by atoms with Crippen LogP contribution < -0.4 is 10.6 Å². The number of sulfonamides is 1. The zero-order chi connectivity index (χ0) is 17.3. The van der Waals surface area contributed by atoms with E-state index >= 15 is 0 Å². The van der Waals surface area contributed by atoms with Crippen molar-refractivity contribution < 1.29 is 22.0 Å². The number of hydrogen-bond donors (Lipinski definition) is 2. The van der Waals surface area contributed by atoms with Crippen molar-refractivity contribution in [3.05, 3.63) is 29.8 Å². The first-order valence-electron chi connectivity index (χ1n) is 7.03. The van der Waals surface area contributed by atoms with E-state index < -0.39 is 40.9 Å². The first-order valence-corrected chi connectivity index (χ1v) is 8.47. The van der Waals surface area contributed by atoms with Crippen molar-refractivity contribution in [1.82, 2.24) is 14.9 Å². The molecule has 2 rings (SSSR count). The van der Waals surface area contributed by atoms with Crippen molar-refractivity contribution in [2.45, 2.75) is 29.8 Å². The molecule has 0 aliphatic carbocycles. The number of alkyl halides is 2. The van der Waals surface area contributed by atoms with Gasteiger partial charge in [-0.2, -0.15) is 0 Å². The molecule has 1 atom stereocenters. The maximum absolute atomic E-state index is 13.1. The molecule has 128 valence electrons. The summed E-state index contributed by atoms with van der Waals surface area (Å²) in [5.41, 5.74) is 0.402. The Bertz CT molecular complexity index is 692. The molecule has 1 aliphatic rings. The molecule has 23 heavy (non-hydrogen) atoms. The van der Waals surface area contributed by atoms with E-state index in [-0.39, 0.29) is 11.4 Å². The van der Waals surface area contributed by atoms with Crippen LogP contribution in [0.3, 0.4) is 0 Å². The van der Waals surface area contributed by atoms with E-state index in [1.165, 1.54) is 20.2 Å². The van der Waals surface area contributed by atoms with E-state index in [1.807, 2.05) is 0 Å². The highest BCUT2D eigenvalue weighted by atomic mass is 32.2. The molecule has 2 N–H and O–H groups in total. The van der Waals surface area contributed by atoms with Crippen molar-refractivity contribution in [2.24, 2.45) is 0 Å². The van der Waals surface area contributed by atoms with Crippen LogP contribution in [0.5, 0.6) is 0 Å². The van der Waals surface area contributed by atoms with E-state index in [4.69, 9.17) is 0 Å². The number of carbonyl (C=O) groups excluding carboxylic acids is 1. The first kappa shape index (κ1) is 17.8. The Labute approximate surface area is 133 Å². The molecular formula is C14H19F2N3O3S. The van der Waals surface area contributed by atoms with Crippen molar-refractivity contribution >= 4 is 15.9 Å². The number of carbonyl (C=O) groups is 1. The number of amides is 1. The summed E-state index contributed by atoms with van der Waals surface area (Å²) in [6.45, 7) is -0.581. The van der Waals surface area contributed by atoms with Gasteiger partial charge in [0, 0.05) is 27.1 Å². The highest BCUT2D eigenvalue weighted by Crippen LogP contribution is 2.25. The molecular weight excluding hydrogens is 328 g/mol. The summed E-state index contributed by atoms with van der Waals surface area (Å²) in [6, 6.07) is 5.29. The predicted molar refractivity (Wildman–Crippen MR) is 80.5 cm³/mol. The van der Waals surface area contributed by atoms with Crippen molar-refractivity contribution in [1.29, 1.82) is 0 Å². The van der Waals surface area contributed by atoms with Gasteiger partial charge < -0.3 is 5.32 Å². The van der Waals surface area contributed by atoms with Crippen molar-refractivity contribution in [2.75, 3.05) is 20.6 Å². The fourth-order valence-corrected chi connectivity index (χ4v) is 3.42. The Morgan fingerprint density at radius 1 is 1.39 bits per heavy atom. The van der Waals surface area contributed by atoms with E-state index in [0.29, 0.717) is 5.56 Å². The zero-order valence-corrected chi connectivity index (χ0v) is 13.7. The van der Waals surface area contributed by atoms with Crippen molar-refractivity contribution in [3.8, 4) is 0 Å². The van der Waals surface area contributed by atoms with Crippen molar-refractivity contribution in [3.63, 3.8) is 0 Å². The Morgan fingerprint density at radius 2 is 2.04 bits per heavy atom. The third-order valence-electron chi connectivity index (χ3n) is 3.61. The molecule has 1 amide bonds. The third kappa shape index (κ3) is 4.04. The highest BCUT2D eigenvalue weighted by molar-refractivity contribution is 7.89. The number of hydrogen-bond acceptors (Lipinski definition) is 4. The van der Waals surface area contributed by atoms with Crippen LogP contribution in [0.2, 0.25) is 0 Å². The van der Waals surface area contributed by atoms with Crippen LogP contribution in [0.15, 0.2) is 29.2 Å². The topological polar surface area (TPSA) is 78.5 Å². The molecule has 1 unspecified atom stereocenters. The number of halogens is 2. The van der Waals surface area contributed by atoms with Crippen LogP contribution in [-0.2, 0) is 21.4 Å². The molecule has 1 aromatic rings. The maximum atomic E-state index is 13.1. The minimum Gasteiger partial charge on any atom is -0.351 e. The highest BCUT2D eigenvalue weighted by Gasteiger charge is 2.42. The minimum absolute atomic E-state index is 0.0498. The van der Waals surface area contributed by atoms with Gasteiger partial charge in [-0.15, -0.1) is 0 Å². The van der Waals surface area contributed by atoms with Gasteiger partial charge in [0.25, 0.3) is 5.92 Å². The lowest BCUT2D eigenvalue weighted by atomic mass is 10.1.